The highest BCUT2D eigenvalue weighted by Crippen LogP contribution is 2.23. The predicted molar refractivity (Wildman–Crippen MR) is 85.5 cm³/mol. The second-order valence-electron chi connectivity index (χ2n) is 4.90. The molecule has 108 valence electrons. The number of amides is 1. The molecule has 0 unspecified atom stereocenters. The first-order chi connectivity index (χ1) is 10.3. The Balaban J connectivity index is 1.85. The van der Waals surface area contributed by atoms with Gasteiger partial charge in [0.1, 0.15) is 0 Å². The lowest BCUT2D eigenvalue weighted by molar-refractivity contribution is -0.120. The SMILES string of the molecule is CCCNC(=O)Cc1csc2nc(-c3ccccc3)cn12. The van der Waals surface area contributed by atoms with E-state index in [4.69, 9.17) is 0 Å². The van der Waals surface area contributed by atoms with Crippen molar-refractivity contribution < 1.29 is 4.79 Å². The molecule has 0 atom stereocenters. The number of fused-ring (bicyclic) bond motifs is 1. The third-order valence-corrected chi connectivity index (χ3v) is 4.16. The maximum absolute atomic E-state index is 11.8. The van der Waals surface area contributed by atoms with Crippen molar-refractivity contribution in [3.63, 3.8) is 0 Å². The minimum Gasteiger partial charge on any atom is -0.356 e. The fraction of sp³-hybridized carbons (Fsp3) is 0.250. The van der Waals surface area contributed by atoms with Gasteiger partial charge < -0.3 is 5.32 Å². The van der Waals surface area contributed by atoms with Gasteiger partial charge in [0.2, 0.25) is 5.91 Å². The molecule has 2 aromatic heterocycles. The van der Waals surface area contributed by atoms with Gasteiger partial charge in [-0.05, 0) is 6.42 Å². The summed E-state index contributed by atoms with van der Waals surface area (Å²) >= 11 is 1.57. The fourth-order valence-electron chi connectivity index (χ4n) is 2.20. The third-order valence-electron chi connectivity index (χ3n) is 3.27. The summed E-state index contributed by atoms with van der Waals surface area (Å²) in [5, 5.41) is 4.91. The van der Waals surface area contributed by atoms with Crippen molar-refractivity contribution in [1.82, 2.24) is 14.7 Å². The molecule has 21 heavy (non-hydrogen) atoms. The van der Waals surface area contributed by atoms with E-state index in [1.165, 1.54) is 0 Å². The number of hydrogen-bond acceptors (Lipinski definition) is 3. The first-order valence-corrected chi connectivity index (χ1v) is 7.93. The maximum atomic E-state index is 11.8. The summed E-state index contributed by atoms with van der Waals surface area (Å²) in [7, 11) is 0. The maximum Gasteiger partial charge on any atom is 0.225 e. The van der Waals surface area contributed by atoms with E-state index < -0.39 is 0 Å². The Hall–Kier alpha value is -2.14. The van der Waals surface area contributed by atoms with Gasteiger partial charge in [-0.25, -0.2) is 4.98 Å². The molecule has 0 saturated heterocycles. The zero-order valence-corrected chi connectivity index (χ0v) is 12.7. The van der Waals surface area contributed by atoms with Crippen molar-refractivity contribution in [3.05, 3.63) is 47.6 Å². The second kappa shape index (κ2) is 6.10. The Morgan fingerprint density at radius 3 is 2.90 bits per heavy atom. The topological polar surface area (TPSA) is 46.4 Å². The minimum absolute atomic E-state index is 0.0616. The number of benzene rings is 1. The van der Waals surface area contributed by atoms with E-state index in [1.807, 2.05) is 53.2 Å². The lowest BCUT2D eigenvalue weighted by Gasteiger charge is -2.02. The number of rotatable bonds is 5. The number of imidazole rings is 1. The van der Waals surface area contributed by atoms with Crippen molar-refractivity contribution >= 4 is 22.2 Å². The Kier molecular flexibility index (Phi) is 4.01. The summed E-state index contributed by atoms with van der Waals surface area (Å²) < 4.78 is 2.01. The third kappa shape index (κ3) is 2.97. The van der Waals surface area contributed by atoms with Crippen LogP contribution in [0.1, 0.15) is 19.0 Å². The molecule has 2 heterocycles. The number of carbonyl (C=O) groups is 1. The predicted octanol–water partition coefficient (Wildman–Crippen LogP) is 3.13. The highest BCUT2D eigenvalue weighted by Gasteiger charge is 2.12. The molecule has 0 radical (unpaired) electrons. The van der Waals surface area contributed by atoms with Crippen molar-refractivity contribution in [2.75, 3.05) is 6.54 Å². The molecule has 5 heteroatoms. The van der Waals surface area contributed by atoms with Crippen LogP contribution in [0.25, 0.3) is 16.2 Å². The van der Waals surface area contributed by atoms with Gasteiger partial charge in [-0.15, -0.1) is 11.3 Å². The van der Waals surface area contributed by atoms with E-state index in [0.717, 1.165) is 34.9 Å². The fourth-order valence-corrected chi connectivity index (χ4v) is 3.07. The lowest BCUT2D eigenvalue weighted by Crippen LogP contribution is -2.26. The number of nitrogens with one attached hydrogen (secondary N) is 1. The number of hydrogen-bond donors (Lipinski definition) is 1. The van der Waals surface area contributed by atoms with Gasteiger partial charge in [0, 0.05) is 29.4 Å². The van der Waals surface area contributed by atoms with Crippen molar-refractivity contribution in [2.45, 2.75) is 19.8 Å². The highest BCUT2D eigenvalue weighted by molar-refractivity contribution is 7.15. The normalized spacial score (nSPS) is 10.9. The second-order valence-corrected chi connectivity index (χ2v) is 5.74. The van der Waals surface area contributed by atoms with Gasteiger partial charge in [-0.2, -0.15) is 0 Å². The van der Waals surface area contributed by atoms with Crippen LogP contribution in [-0.2, 0) is 11.2 Å². The molecule has 1 aromatic carbocycles. The van der Waals surface area contributed by atoms with Crippen LogP contribution in [0.4, 0.5) is 0 Å². The van der Waals surface area contributed by atoms with Gasteiger partial charge >= 0.3 is 0 Å². The number of carbonyl (C=O) groups excluding carboxylic acids is 1. The van der Waals surface area contributed by atoms with Gasteiger partial charge in [0.05, 0.1) is 12.1 Å². The largest absolute Gasteiger partial charge is 0.356 e. The van der Waals surface area contributed by atoms with Crippen LogP contribution < -0.4 is 5.32 Å². The average Bonchev–Trinajstić information content (AvgIpc) is 3.08. The quantitative estimate of drug-likeness (QED) is 0.787. The van der Waals surface area contributed by atoms with Crippen LogP contribution in [0, 0.1) is 0 Å². The molecule has 0 fully saturated rings. The summed E-state index contributed by atoms with van der Waals surface area (Å²) in [6.45, 7) is 2.77. The van der Waals surface area contributed by atoms with Gasteiger partial charge in [0.25, 0.3) is 0 Å². The Bertz CT molecular complexity index is 745. The molecule has 4 nitrogen and oxygen atoms in total. The van der Waals surface area contributed by atoms with Crippen LogP contribution in [0.5, 0.6) is 0 Å². The summed E-state index contributed by atoms with van der Waals surface area (Å²) in [6.07, 6.45) is 3.35. The van der Waals surface area contributed by atoms with E-state index in [9.17, 15) is 4.79 Å². The monoisotopic (exact) mass is 299 g/mol. The van der Waals surface area contributed by atoms with Crippen molar-refractivity contribution in [3.8, 4) is 11.3 Å². The average molecular weight is 299 g/mol. The zero-order chi connectivity index (χ0) is 14.7. The zero-order valence-electron chi connectivity index (χ0n) is 11.9. The van der Waals surface area contributed by atoms with Gasteiger partial charge in [-0.1, -0.05) is 37.3 Å². The van der Waals surface area contributed by atoms with Crippen LogP contribution in [-0.4, -0.2) is 21.8 Å². The van der Waals surface area contributed by atoms with Gasteiger partial charge in [0.15, 0.2) is 4.96 Å². The Morgan fingerprint density at radius 2 is 2.14 bits per heavy atom. The molecule has 0 bridgehead atoms. The number of nitrogens with zero attached hydrogens (tertiary/aromatic N) is 2. The van der Waals surface area contributed by atoms with Crippen LogP contribution in [0.2, 0.25) is 0 Å². The Morgan fingerprint density at radius 1 is 1.33 bits per heavy atom. The summed E-state index contributed by atoms with van der Waals surface area (Å²) in [5.74, 6) is 0.0616. The van der Waals surface area contributed by atoms with E-state index in [2.05, 4.69) is 10.3 Å². The molecule has 3 rings (SSSR count). The molecule has 1 N–H and O–H groups in total. The molecular weight excluding hydrogens is 282 g/mol. The van der Waals surface area contributed by atoms with Crippen molar-refractivity contribution in [1.29, 1.82) is 0 Å². The standard InChI is InChI=1S/C16H17N3OS/c1-2-8-17-15(20)9-13-11-21-16-18-14(10-19(13)16)12-6-4-3-5-7-12/h3-7,10-11H,2,8-9H2,1H3,(H,17,20). The summed E-state index contributed by atoms with van der Waals surface area (Å²) in [4.78, 5) is 17.4. The summed E-state index contributed by atoms with van der Waals surface area (Å²) in [6, 6.07) is 10.1. The van der Waals surface area contributed by atoms with Gasteiger partial charge in [-0.3, -0.25) is 9.20 Å². The Labute approximate surface area is 127 Å². The van der Waals surface area contributed by atoms with E-state index in [0.29, 0.717) is 6.42 Å². The smallest absolute Gasteiger partial charge is 0.225 e. The molecule has 0 spiro atoms. The minimum atomic E-state index is 0.0616. The first kappa shape index (κ1) is 13.8. The molecular formula is C16H17N3OS. The summed E-state index contributed by atoms with van der Waals surface area (Å²) in [5.41, 5.74) is 3.02. The molecule has 1 amide bonds. The van der Waals surface area contributed by atoms with Crippen LogP contribution in [0.3, 0.4) is 0 Å². The number of thiazole rings is 1. The molecule has 0 aliphatic carbocycles. The first-order valence-electron chi connectivity index (χ1n) is 7.05. The van der Waals surface area contributed by atoms with Crippen molar-refractivity contribution in [2.24, 2.45) is 0 Å². The number of aromatic nitrogens is 2. The molecule has 0 aliphatic heterocycles. The van der Waals surface area contributed by atoms with Crippen LogP contribution >= 0.6 is 11.3 Å². The molecule has 0 aliphatic rings. The van der Waals surface area contributed by atoms with Crippen LogP contribution in [0.15, 0.2) is 41.9 Å². The van der Waals surface area contributed by atoms with E-state index in [-0.39, 0.29) is 5.91 Å². The molecule has 0 saturated carbocycles. The highest BCUT2D eigenvalue weighted by atomic mass is 32.1. The molecule has 3 aromatic rings. The lowest BCUT2D eigenvalue weighted by atomic mass is 10.2. The van der Waals surface area contributed by atoms with E-state index in [1.54, 1.807) is 11.3 Å². The van der Waals surface area contributed by atoms with E-state index >= 15 is 0 Å².